The summed E-state index contributed by atoms with van der Waals surface area (Å²) in [5.74, 6) is 0.0693. The van der Waals surface area contributed by atoms with E-state index in [0.717, 1.165) is 31.7 Å². The van der Waals surface area contributed by atoms with Crippen molar-refractivity contribution in [2.24, 2.45) is 0 Å². The van der Waals surface area contributed by atoms with Gasteiger partial charge in [-0.1, -0.05) is 0 Å². The minimum atomic E-state index is -0.415. The zero-order valence-corrected chi connectivity index (χ0v) is 8.61. The van der Waals surface area contributed by atoms with Crippen LogP contribution in [0.4, 0.5) is 10.3 Å². The number of ether oxygens (including phenoxy) is 1. The van der Waals surface area contributed by atoms with Gasteiger partial charge >= 0.3 is 0 Å². The Morgan fingerprint density at radius 2 is 2.13 bits per heavy atom. The molecule has 1 aromatic rings. The quantitative estimate of drug-likeness (QED) is 0.824. The summed E-state index contributed by atoms with van der Waals surface area (Å²) >= 11 is 0. The van der Waals surface area contributed by atoms with Gasteiger partial charge in [-0.25, -0.2) is 14.4 Å². The average Bonchev–Trinajstić information content (AvgIpc) is 2.69. The van der Waals surface area contributed by atoms with Crippen molar-refractivity contribution in [2.45, 2.75) is 31.4 Å². The molecule has 0 radical (unpaired) electrons. The van der Waals surface area contributed by atoms with Gasteiger partial charge in [0.1, 0.15) is 0 Å². The van der Waals surface area contributed by atoms with Gasteiger partial charge in [-0.2, -0.15) is 0 Å². The van der Waals surface area contributed by atoms with Crippen LogP contribution in [-0.2, 0) is 4.74 Å². The SMILES string of the molecule is COC1CCC(Nc2ncc(F)cn2)C1. The van der Waals surface area contributed by atoms with Crippen LogP contribution in [0.1, 0.15) is 19.3 Å². The summed E-state index contributed by atoms with van der Waals surface area (Å²) in [5, 5.41) is 3.16. The van der Waals surface area contributed by atoms with Crippen molar-refractivity contribution in [3.63, 3.8) is 0 Å². The van der Waals surface area contributed by atoms with Gasteiger partial charge in [0.2, 0.25) is 5.95 Å². The maximum atomic E-state index is 12.5. The van der Waals surface area contributed by atoms with Crippen LogP contribution >= 0.6 is 0 Å². The summed E-state index contributed by atoms with van der Waals surface area (Å²) in [6.07, 6.45) is 5.70. The third-order valence-corrected chi connectivity index (χ3v) is 2.67. The molecule has 82 valence electrons. The van der Waals surface area contributed by atoms with Crippen LogP contribution < -0.4 is 5.32 Å². The van der Waals surface area contributed by atoms with E-state index in [-0.39, 0.29) is 0 Å². The monoisotopic (exact) mass is 211 g/mol. The molecule has 2 unspecified atom stereocenters. The standard InChI is InChI=1S/C10H14FN3O/c1-15-9-3-2-8(4-9)14-10-12-5-7(11)6-13-10/h5-6,8-9H,2-4H2,1H3,(H,12,13,14). The number of rotatable bonds is 3. The molecule has 1 aliphatic carbocycles. The van der Waals surface area contributed by atoms with E-state index >= 15 is 0 Å². The smallest absolute Gasteiger partial charge is 0.222 e. The van der Waals surface area contributed by atoms with Crippen LogP contribution in [0.5, 0.6) is 0 Å². The average molecular weight is 211 g/mol. The molecular weight excluding hydrogens is 197 g/mol. The maximum Gasteiger partial charge on any atom is 0.222 e. The van der Waals surface area contributed by atoms with Gasteiger partial charge in [0.25, 0.3) is 0 Å². The Kier molecular flexibility index (Phi) is 3.11. The van der Waals surface area contributed by atoms with Gasteiger partial charge in [0.15, 0.2) is 5.82 Å². The first-order valence-electron chi connectivity index (χ1n) is 5.05. The third kappa shape index (κ3) is 2.62. The molecule has 0 spiro atoms. The summed E-state index contributed by atoms with van der Waals surface area (Å²) in [5.41, 5.74) is 0. The lowest BCUT2D eigenvalue weighted by molar-refractivity contribution is 0.108. The molecule has 0 aliphatic heterocycles. The number of aromatic nitrogens is 2. The molecule has 1 saturated carbocycles. The molecule has 4 nitrogen and oxygen atoms in total. The first-order chi connectivity index (χ1) is 7.28. The van der Waals surface area contributed by atoms with Crippen molar-refractivity contribution in [3.05, 3.63) is 18.2 Å². The number of methoxy groups -OCH3 is 1. The zero-order valence-electron chi connectivity index (χ0n) is 8.61. The van der Waals surface area contributed by atoms with Crippen molar-refractivity contribution in [2.75, 3.05) is 12.4 Å². The van der Waals surface area contributed by atoms with E-state index in [4.69, 9.17) is 4.74 Å². The molecule has 1 aliphatic rings. The van der Waals surface area contributed by atoms with E-state index in [1.807, 2.05) is 0 Å². The van der Waals surface area contributed by atoms with Crippen molar-refractivity contribution in [1.29, 1.82) is 0 Å². The minimum absolute atomic E-state index is 0.322. The molecule has 1 N–H and O–H groups in total. The maximum absolute atomic E-state index is 12.5. The highest BCUT2D eigenvalue weighted by atomic mass is 19.1. The van der Waals surface area contributed by atoms with Crippen molar-refractivity contribution >= 4 is 5.95 Å². The Bertz CT molecular complexity index is 317. The van der Waals surface area contributed by atoms with Gasteiger partial charge in [-0.3, -0.25) is 0 Å². The highest BCUT2D eigenvalue weighted by Crippen LogP contribution is 2.23. The third-order valence-electron chi connectivity index (χ3n) is 2.67. The molecular formula is C10H14FN3O. The Labute approximate surface area is 87.9 Å². The van der Waals surface area contributed by atoms with Gasteiger partial charge in [0.05, 0.1) is 18.5 Å². The van der Waals surface area contributed by atoms with Crippen LogP contribution in [0, 0.1) is 5.82 Å². The Morgan fingerprint density at radius 3 is 2.73 bits per heavy atom. The van der Waals surface area contributed by atoms with E-state index < -0.39 is 5.82 Å². The van der Waals surface area contributed by atoms with Gasteiger partial charge < -0.3 is 10.1 Å². The lowest BCUT2D eigenvalue weighted by Gasteiger charge is -2.12. The Hall–Kier alpha value is -1.23. The normalized spacial score (nSPS) is 25.5. The molecule has 0 bridgehead atoms. The molecule has 15 heavy (non-hydrogen) atoms. The highest BCUT2D eigenvalue weighted by Gasteiger charge is 2.24. The van der Waals surface area contributed by atoms with E-state index in [1.165, 1.54) is 0 Å². The van der Waals surface area contributed by atoms with Crippen LogP contribution in [-0.4, -0.2) is 29.2 Å². The Morgan fingerprint density at radius 1 is 1.40 bits per heavy atom. The molecule has 0 aromatic carbocycles. The second-order valence-corrected chi connectivity index (χ2v) is 3.74. The number of halogens is 1. The molecule has 0 amide bonds. The number of nitrogens with one attached hydrogen (secondary N) is 1. The Balaban J connectivity index is 1.90. The predicted molar refractivity (Wildman–Crippen MR) is 54.0 cm³/mol. The van der Waals surface area contributed by atoms with Crippen molar-refractivity contribution in [1.82, 2.24) is 9.97 Å². The van der Waals surface area contributed by atoms with Crippen molar-refractivity contribution < 1.29 is 9.13 Å². The number of nitrogens with zero attached hydrogens (tertiary/aromatic N) is 2. The molecule has 1 aromatic heterocycles. The predicted octanol–water partition coefficient (Wildman–Crippen LogP) is 1.60. The topological polar surface area (TPSA) is 47.0 Å². The molecule has 2 atom stereocenters. The summed E-state index contributed by atoms with van der Waals surface area (Å²) in [7, 11) is 1.72. The van der Waals surface area contributed by atoms with E-state index in [0.29, 0.717) is 18.1 Å². The zero-order chi connectivity index (χ0) is 10.7. The van der Waals surface area contributed by atoms with Crippen LogP contribution in [0.15, 0.2) is 12.4 Å². The lowest BCUT2D eigenvalue weighted by atomic mass is 10.2. The summed E-state index contributed by atoms with van der Waals surface area (Å²) in [4.78, 5) is 7.71. The molecule has 5 heteroatoms. The fraction of sp³-hybridized carbons (Fsp3) is 0.600. The van der Waals surface area contributed by atoms with Crippen molar-refractivity contribution in [3.8, 4) is 0 Å². The fourth-order valence-electron chi connectivity index (χ4n) is 1.85. The molecule has 0 saturated heterocycles. The first-order valence-corrected chi connectivity index (χ1v) is 5.05. The van der Waals surface area contributed by atoms with Crippen LogP contribution in [0.2, 0.25) is 0 Å². The van der Waals surface area contributed by atoms with Gasteiger partial charge in [-0.05, 0) is 19.3 Å². The fourth-order valence-corrected chi connectivity index (χ4v) is 1.85. The lowest BCUT2D eigenvalue weighted by Crippen LogP contribution is -2.18. The number of hydrogen-bond donors (Lipinski definition) is 1. The van der Waals surface area contributed by atoms with Gasteiger partial charge in [-0.15, -0.1) is 0 Å². The molecule has 1 heterocycles. The summed E-state index contributed by atoms with van der Waals surface area (Å²) in [6, 6.07) is 0.334. The summed E-state index contributed by atoms with van der Waals surface area (Å²) in [6.45, 7) is 0. The number of anilines is 1. The molecule has 1 fully saturated rings. The van der Waals surface area contributed by atoms with Gasteiger partial charge in [0, 0.05) is 13.2 Å². The second kappa shape index (κ2) is 4.53. The van der Waals surface area contributed by atoms with E-state index in [9.17, 15) is 4.39 Å². The van der Waals surface area contributed by atoms with E-state index in [1.54, 1.807) is 7.11 Å². The number of hydrogen-bond acceptors (Lipinski definition) is 4. The molecule has 2 rings (SSSR count). The first kappa shape index (κ1) is 10.3. The van der Waals surface area contributed by atoms with E-state index in [2.05, 4.69) is 15.3 Å². The summed E-state index contributed by atoms with van der Waals surface area (Å²) < 4.78 is 17.8. The van der Waals surface area contributed by atoms with Crippen LogP contribution in [0.3, 0.4) is 0 Å². The largest absolute Gasteiger partial charge is 0.381 e. The highest BCUT2D eigenvalue weighted by molar-refractivity contribution is 5.25. The minimum Gasteiger partial charge on any atom is -0.381 e. The second-order valence-electron chi connectivity index (χ2n) is 3.74. The van der Waals surface area contributed by atoms with Crippen LogP contribution in [0.25, 0.3) is 0 Å².